The van der Waals surface area contributed by atoms with Crippen LogP contribution in [0.25, 0.3) is 11.6 Å². The summed E-state index contributed by atoms with van der Waals surface area (Å²) in [6.07, 6.45) is 3.42. The molecule has 0 aliphatic carbocycles. The highest BCUT2D eigenvalue weighted by atomic mass is 79.9. The second-order valence-corrected chi connectivity index (χ2v) is 3.78. The fraction of sp³-hybridized carbons (Fsp3) is 0.222. The molecule has 0 saturated heterocycles. The Labute approximate surface area is 95.5 Å². The molecule has 0 fully saturated rings. The van der Waals surface area contributed by atoms with Crippen molar-refractivity contribution >= 4 is 21.7 Å². The van der Waals surface area contributed by atoms with Crippen LogP contribution in [0.1, 0.15) is 5.69 Å². The Hall–Kier alpha value is -1.43. The number of nitrogens with zero attached hydrogens (tertiary/aromatic N) is 3. The van der Waals surface area contributed by atoms with Gasteiger partial charge in [0.1, 0.15) is 5.82 Å². The molecule has 0 unspecified atom stereocenters. The molecule has 2 N–H and O–H groups in total. The van der Waals surface area contributed by atoms with Crippen LogP contribution in [0.5, 0.6) is 0 Å². The van der Waals surface area contributed by atoms with Crippen molar-refractivity contribution in [2.45, 2.75) is 6.92 Å². The molecule has 15 heavy (non-hydrogen) atoms. The highest BCUT2D eigenvalue weighted by molar-refractivity contribution is 9.10. The van der Waals surface area contributed by atoms with Gasteiger partial charge in [-0.3, -0.25) is 0 Å². The van der Waals surface area contributed by atoms with Crippen LogP contribution in [0.4, 0.5) is 5.82 Å². The van der Waals surface area contributed by atoms with Gasteiger partial charge < -0.3 is 10.3 Å². The molecule has 0 atom stereocenters. The van der Waals surface area contributed by atoms with E-state index in [0.717, 1.165) is 16.0 Å². The van der Waals surface area contributed by atoms with E-state index in [1.54, 1.807) is 12.4 Å². The molecule has 0 saturated carbocycles. The number of rotatable bonds is 2. The van der Waals surface area contributed by atoms with E-state index < -0.39 is 0 Å². The van der Waals surface area contributed by atoms with E-state index >= 15 is 0 Å². The molecule has 0 aromatic carbocycles. The average molecular weight is 268 g/mol. The standard InChI is InChI=1S/C9H10BrN5/c1-5-6(10)7(11-2)15-9(14-5)8-12-3-4-13-8/h3-4H,1-2H3,(H,12,13)(H,11,14,15). The van der Waals surface area contributed by atoms with Crippen molar-refractivity contribution in [3.8, 4) is 11.6 Å². The Balaban J connectivity index is 2.55. The smallest absolute Gasteiger partial charge is 0.197 e. The molecule has 0 amide bonds. The van der Waals surface area contributed by atoms with Gasteiger partial charge in [-0.1, -0.05) is 0 Å². The van der Waals surface area contributed by atoms with Gasteiger partial charge in [-0.2, -0.15) is 0 Å². The number of hydrogen-bond donors (Lipinski definition) is 2. The summed E-state index contributed by atoms with van der Waals surface area (Å²) in [6, 6.07) is 0. The maximum atomic E-state index is 4.33. The van der Waals surface area contributed by atoms with Crippen molar-refractivity contribution < 1.29 is 0 Å². The van der Waals surface area contributed by atoms with Gasteiger partial charge in [0.2, 0.25) is 0 Å². The number of aromatic amines is 1. The molecule has 2 rings (SSSR count). The fourth-order valence-electron chi connectivity index (χ4n) is 1.22. The second kappa shape index (κ2) is 3.98. The first-order chi connectivity index (χ1) is 7.22. The van der Waals surface area contributed by atoms with Gasteiger partial charge in [-0.05, 0) is 22.9 Å². The van der Waals surface area contributed by atoms with Crippen LogP contribution < -0.4 is 5.32 Å². The van der Waals surface area contributed by atoms with Gasteiger partial charge in [0.25, 0.3) is 0 Å². The molecule has 2 aromatic heterocycles. The summed E-state index contributed by atoms with van der Waals surface area (Å²) in [5, 5.41) is 3.00. The van der Waals surface area contributed by atoms with Crippen LogP contribution in [0.3, 0.4) is 0 Å². The summed E-state index contributed by atoms with van der Waals surface area (Å²) >= 11 is 3.42. The lowest BCUT2D eigenvalue weighted by molar-refractivity contribution is 1.06. The highest BCUT2D eigenvalue weighted by Gasteiger charge is 2.10. The van der Waals surface area contributed by atoms with Gasteiger partial charge >= 0.3 is 0 Å². The van der Waals surface area contributed by atoms with Crippen molar-refractivity contribution in [2.24, 2.45) is 0 Å². The van der Waals surface area contributed by atoms with Crippen LogP contribution in [-0.4, -0.2) is 27.0 Å². The van der Waals surface area contributed by atoms with Crippen LogP contribution in [-0.2, 0) is 0 Å². The molecule has 2 heterocycles. The van der Waals surface area contributed by atoms with E-state index in [9.17, 15) is 0 Å². The number of nitrogens with one attached hydrogen (secondary N) is 2. The second-order valence-electron chi connectivity index (χ2n) is 2.98. The van der Waals surface area contributed by atoms with Crippen molar-refractivity contribution in [2.75, 3.05) is 12.4 Å². The number of imidazole rings is 1. The molecular formula is C9H10BrN5. The zero-order valence-electron chi connectivity index (χ0n) is 8.37. The van der Waals surface area contributed by atoms with E-state index in [-0.39, 0.29) is 0 Å². The fourth-order valence-corrected chi connectivity index (χ4v) is 1.59. The first kappa shape index (κ1) is 10.1. The first-order valence-corrected chi connectivity index (χ1v) is 5.23. The predicted molar refractivity (Wildman–Crippen MR) is 61.6 cm³/mol. The molecule has 0 spiro atoms. The van der Waals surface area contributed by atoms with E-state index in [0.29, 0.717) is 11.6 Å². The predicted octanol–water partition coefficient (Wildman–Crippen LogP) is 1.98. The molecule has 6 heteroatoms. The zero-order chi connectivity index (χ0) is 10.8. The molecule has 0 aliphatic heterocycles. The van der Waals surface area contributed by atoms with E-state index in [1.165, 1.54) is 0 Å². The maximum Gasteiger partial charge on any atom is 0.197 e. The van der Waals surface area contributed by atoms with E-state index in [4.69, 9.17) is 0 Å². The number of hydrogen-bond acceptors (Lipinski definition) is 4. The van der Waals surface area contributed by atoms with Gasteiger partial charge in [-0.25, -0.2) is 15.0 Å². The number of halogens is 1. The van der Waals surface area contributed by atoms with Crippen molar-refractivity contribution in [1.29, 1.82) is 0 Å². The zero-order valence-corrected chi connectivity index (χ0v) is 9.96. The maximum absolute atomic E-state index is 4.33. The van der Waals surface area contributed by atoms with Gasteiger partial charge in [0.05, 0.1) is 10.2 Å². The van der Waals surface area contributed by atoms with Crippen molar-refractivity contribution in [3.63, 3.8) is 0 Å². The van der Waals surface area contributed by atoms with Crippen LogP contribution >= 0.6 is 15.9 Å². The molecule has 0 radical (unpaired) electrons. The Morgan fingerprint density at radius 1 is 1.40 bits per heavy atom. The lowest BCUT2D eigenvalue weighted by Gasteiger charge is -2.06. The average Bonchev–Trinajstić information content (AvgIpc) is 2.75. The Kier molecular flexibility index (Phi) is 2.68. The third-order valence-corrected chi connectivity index (χ3v) is 2.91. The summed E-state index contributed by atoms with van der Waals surface area (Å²) in [5.74, 6) is 2.01. The van der Waals surface area contributed by atoms with Gasteiger partial charge in [-0.15, -0.1) is 0 Å². The van der Waals surface area contributed by atoms with Crippen LogP contribution in [0.15, 0.2) is 16.9 Å². The largest absolute Gasteiger partial charge is 0.372 e. The minimum Gasteiger partial charge on any atom is -0.372 e. The molecule has 78 valence electrons. The summed E-state index contributed by atoms with van der Waals surface area (Å²) in [4.78, 5) is 15.7. The SMILES string of the molecule is CNc1nc(-c2ncc[nH]2)nc(C)c1Br. The minimum atomic E-state index is 0.588. The molecular weight excluding hydrogens is 258 g/mol. The summed E-state index contributed by atoms with van der Waals surface area (Å²) in [6.45, 7) is 1.92. The molecule has 0 bridgehead atoms. The number of aryl methyl sites for hydroxylation is 1. The van der Waals surface area contributed by atoms with Gasteiger partial charge in [0, 0.05) is 19.4 Å². The quantitative estimate of drug-likeness (QED) is 0.874. The van der Waals surface area contributed by atoms with Crippen LogP contribution in [0.2, 0.25) is 0 Å². The summed E-state index contributed by atoms with van der Waals surface area (Å²) < 4.78 is 0.875. The molecule has 2 aromatic rings. The van der Waals surface area contributed by atoms with Crippen molar-refractivity contribution in [3.05, 3.63) is 22.6 Å². The van der Waals surface area contributed by atoms with Crippen molar-refractivity contribution in [1.82, 2.24) is 19.9 Å². The lowest BCUT2D eigenvalue weighted by Crippen LogP contribution is -2.01. The molecule has 0 aliphatic rings. The highest BCUT2D eigenvalue weighted by Crippen LogP contribution is 2.24. The number of H-pyrrole nitrogens is 1. The van der Waals surface area contributed by atoms with E-state index in [1.807, 2.05) is 14.0 Å². The molecule has 5 nitrogen and oxygen atoms in total. The lowest BCUT2D eigenvalue weighted by atomic mass is 10.4. The third kappa shape index (κ3) is 1.85. The van der Waals surface area contributed by atoms with E-state index in [2.05, 4.69) is 41.2 Å². The Morgan fingerprint density at radius 3 is 2.80 bits per heavy atom. The van der Waals surface area contributed by atoms with Gasteiger partial charge in [0.15, 0.2) is 11.6 Å². The third-order valence-electron chi connectivity index (χ3n) is 1.96. The Morgan fingerprint density at radius 2 is 2.20 bits per heavy atom. The Bertz CT molecular complexity index is 466. The summed E-state index contributed by atoms with van der Waals surface area (Å²) in [5.41, 5.74) is 0.876. The summed E-state index contributed by atoms with van der Waals surface area (Å²) in [7, 11) is 1.82. The van der Waals surface area contributed by atoms with Crippen LogP contribution in [0, 0.1) is 6.92 Å². The number of anilines is 1. The number of aromatic nitrogens is 4. The minimum absolute atomic E-state index is 0.588. The first-order valence-electron chi connectivity index (χ1n) is 4.44. The topological polar surface area (TPSA) is 66.5 Å². The normalized spacial score (nSPS) is 10.3. The monoisotopic (exact) mass is 267 g/mol.